The number of hydrogen-bond donors (Lipinski definition) is 0. The number of aryl methyl sites for hydroxylation is 1. The van der Waals surface area contributed by atoms with Gasteiger partial charge in [-0.3, -0.25) is 0 Å². The lowest BCUT2D eigenvalue weighted by molar-refractivity contribution is 0.856. The molecule has 1 unspecified atom stereocenters. The molecular weight excluding hydrogens is 308 g/mol. The van der Waals surface area contributed by atoms with E-state index in [1.54, 1.807) is 0 Å². The Hall–Kier alpha value is -0.0900. The zero-order valence-electron chi connectivity index (χ0n) is 8.59. The van der Waals surface area contributed by atoms with E-state index in [9.17, 15) is 0 Å². The summed E-state index contributed by atoms with van der Waals surface area (Å²) in [7, 11) is 2.05. The fraction of sp³-hybridized carbons (Fsp3) is 0.500. The summed E-state index contributed by atoms with van der Waals surface area (Å²) in [4.78, 5) is 7.09. The van der Waals surface area contributed by atoms with Gasteiger partial charge in [0.25, 0.3) is 0 Å². The van der Waals surface area contributed by atoms with Crippen molar-refractivity contribution in [3.05, 3.63) is 22.3 Å². The molecule has 1 rings (SSSR count). The molecule has 2 nitrogen and oxygen atoms in total. The zero-order chi connectivity index (χ0) is 10.7. The van der Waals surface area contributed by atoms with Crippen LogP contribution < -0.4 is 4.90 Å². The van der Waals surface area contributed by atoms with Crippen molar-refractivity contribution in [2.45, 2.75) is 18.7 Å². The predicted octanol–water partition coefficient (Wildman–Crippen LogP) is 3.37. The molecule has 14 heavy (non-hydrogen) atoms. The maximum atomic E-state index is 4.48. The molecule has 1 atom stereocenters. The van der Waals surface area contributed by atoms with Crippen molar-refractivity contribution in [2.75, 3.05) is 18.5 Å². The van der Waals surface area contributed by atoms with Crippen molar-refractivity contribution >= 4 is 37.7 Å². The van der Waals surface area contributed by atoms with E-state index in [1.165, 1.54) is 0 Å². The molecule has 1 aromatic heterocycles. The third kappa shape index (κ3) is 3.24. The highest BCUT2D eigenvalue weighted by molar-refractivity contribution is 9.10. The zero-order valence-corrected chi connectivity index (χ0v) is 11.8. The number of nitrogens with zero attached hydrogens (tertiary/aromatic N) is 2. The molecule has 0 N–H and O–H groups in total. The van der Waals surface area contributed by atoms with Gasteiger partial charge in [0.05, 0.1) is 5.69 Å². The molecule has 78 valence electrons. The molecule has 0 spiro atoms. The lowest BCUT2D eigenvalue weighted by Crippen LogP contribution is -2.24. The van der Waals surface area contributed by atoms with Gasteiger partial charge >= 0.3 is 0 Å². The highest BCUT2D eigenvalue weighted by Crippen LogP contribution is 2.18. The molecular formula is C10H14Br2N2. The molecule has 1 heterocycles. The molecule has 0 aliphatic heterocycles. The van der Waals surface area contributed by atoms with Gasteiger partial charge in [-0.25, -0.2) is 4.98 Å². The van der Waals surface area contributed by atoms with Gasteiger partial charge in [0.1, 0.15) is 5.82 Å². The molecule has 0 fully saturated rings. The van der Waals surface area contributed by atoms with Crippen LogP contribution in [0.4, 0.5) is 5.82 Å². The number of hydrogen-bond acceptors (Lipinski definition) is 2. The maximum Gasteiger partial charge on any atom is 0.128 e. The largest absolute Gasteiger partial charge is 0.359 e. The first-order valence-corrected chi connectivity index (χ1v) is 6.20. The number of pyridine rings is 1. The molecule has 1 aromatic rings. The van der Waals surface area contributed by atoms with Gasteiger partial charge in [-0.15, -0.1) is 0 Å². The van der Waals surface area contributed by atoms with E-state index in [4.69, 9.17) is 0 Å². The lowest BCUT2D eigenvalue weighted by atomic mass is 10.3. The van der Waals surface area contributed by atoms with Crippen LogP contribution in [0.3, 0.4) is 0 Å². The Morgan fingerprint density at radius 3 is 2.64 bits per heavy atom. The number of anilines is 1. The first kappa shape index (κ1) is 12.0. The van der Waals surface area contributed by atoms with Crippen LogP contribution in [0.25, 0.3) is 0 Å². The summed E-state index contributed by atoms with van der Waals surface area (Å²) in [5.74, 6) is 1.01. The Balaban J connectivity index is 2.80. The monoisotopic (exact) mass is 320 g/mol. The Labute approximate surface area is 102 Å². The van der Waals surface area contributed by atoms with E-state index in [0.29, 0.717) is 4.83 Å². The second-order valence-corrected chi connectivity index (χ2v) is 5.82. The number of rotatable bonds is 3. The molecule has 0 aliphatic carbocycles. The van der Waals surface area contributed by atoms with Crippen molar-refractivity contribution in [1.29, 1.82) is 0 Å². The molecule has 0 bridgehead atoms. The van der Waals surface area contributed by atoms with E-state index >= 15 is 0 Å². The number of aromatic nitrogens is 1. The van der Waals surface area contributed by atoms with Crippen LogP contribution in [-0.4, -0.2) is 23.4 Å². The Morgan fingerprint density at radius 2 is 2.14 bits per heavy atom. The minimum atomic E-state index is 0.471. The molecule has 0 aliphatic rings. The average molecular weight is 322 g/mol. The van der Waals surface area contributed by atoms with Gasteiger partial charge in [-0.05, 0) is 35.0 Å². The van der Waals surface area contributed by atoms with E-state index in [0.717, 1.165) is 22.5 Å². The van der Waals surface area contributed by atoms with Crippen molar-refractivity contribution in [1.82, 2.24) is 4.98 Å². The van der Waals surface area contributed by atoms with Crippen LogP contribution in [0.1, 0.15) is 12.6 Å². The summed E-state index contributed by atoms with van der Waals surface area (Å²) in [6, 6.07) is 4.06. The summed E-state index contributed by atoms with van der Waals surface area (Å²) >= 11 is 6.97. The van der Waals surface area contributed by atoms with Crippen molar-refractivity contribution in [3.8, 4) is 0 Å². The Bertz CT molecular complexity index is 313. The first-order chi connectivity index (χ1) is 6.50. The van der Waals surface area contributed by atoms with E-state index in [1.807, 2.05) is 26.1 Å². The van der Waals surface area contributed by atoms with Crippen LogP contribution in [0.5, 0.6) is 0 Å². The van der Waals surface area contributed by atoms with Gasteiger partial charge in [0.2, 0.25) is 0 Å². The fourth-order valence-electron chi connectivity index (χ4n) is 1.21. The highest BCUT2D eigenvalue weighted by Gasteiger charge is 2.06. The molecule has 0 saturated carbocycles. The van der Waals surface area contributed by atoms with Crippen molar-refractivity contribution < 1.29 is 0 Å². The van der Waals surface area contributed by atoms with Gasteiger partial charge in [-0.1, -0.05) is 22.9 Å². The second kappa shape index (κ2) is 5.12. The van der Waals surface area contributed by atoms with Crippen LogP contribution >= 0.6 is 31.9 Å². The van der Waals surface area contributed by atoms with Crippen molar-refractivity contribution in [2.24, 2.45) is 0 Å². The van der Waals surface area contributed by atoms with Crippen LogP contribution in [0, 0.1) is 6.92 Å². The lowest BCUT2D eigenvalue weighted by Gasteiger charge is -2.20. The summed E-state index contributed by atoms with van der Waals surface area (Å²) in [6.45, 7) is 5.08. The van der Waals surface area contributed by atoms with Crippen LogP contribution in [-0.2, 0) is 0 Å². The Morgan fingerprint density at radius 1 is 1.50 bits per heavy atom. The molecule has 0 radical (unpaired) electrons. The third-order valence-corrected chi connectivity index (χ3v) is 3.05. The summed E-state index contributed by atoms with van der Waals surface area (Å²) in [6.07, 6.45) is 0. The SMILES string of the molecule is Cc1nc(N(C)CC(C)Br)ccc1Br. The predicted molar refractivity (Wildman–Crippen MR) is 68.3 cm³/mol. The maximum absolute atomic E-state index is 4.48. The first-order valence-electron chi connectivity index (χ1n) is 4.49. The number of halogens is 2. The minimum absolute atomic E-state index is 0.471. The van der Waals surface area contributed by atoms with Gasteiger partial charge in [0.15, 0.2) is 0 Å². The average Bonchev–Trinajstić information content (AvgIpc) is 2.08. The molecule has 4 heteroatoms. The molecule has 0 aromatic carbocycles. The minimum Gasteiger partial charge on any atom is -0.359 e. The van der Waals surface area contributed by atoms with Gasteiger partial charge in [-0.2, -0.15) is 0 Å². The van der Waals surface area contributed by atoms with Gasteiger partial charge in [0, 0.05) is 22.9 Å². The smallest absolute Gasteiger partial charge is 0.128 e. The van der Waals surface area contributed by atoms with Gasteiger partial charge < -0.3 is 4.90 Å². The standard InChI is InChI=1S/C10H14Br2N2/c1-7(11)6-14(3)10-5-4-9(12)8(2)13-10/h4-5,7H,6H2,1-3H3. The molecule has 0 saturated heterocycles. The third-order valence-electron chi connectivity index (χ3n) is 1.92. The quantitative estimate of drug-likeness (QED) is 0.793. The summed E-state index contributed by atoms with van der Waals surface area (Å²) < 4.78 is 1.06. The van der Waals surface area contributed by atoms with Crippen molar-refractivity contribution in [3.63, 3.8) is 0 Å². The summed E-state index contributed by atoms with van der Waals surface area (Å²) in [5, 5.41) is 0. The topological polar surface area (TPSA) is 16.1 Å². The van der Waals surface area contributed by atoms with E-state index < -0.39 is 0 Å². The normalized spacial score (nSPS) is 12.6. The summed E-state index contributed by atoms with van der Waals surface area (Å²) in [5.41, 5.74) is 1.02. The fourth-order valence-corrected chi connectivity index (χ4v) is 1.87. The second-order valence-electron chi connectivity index (χ2n) is 3.40. The van der Waals surface area contributed by atoms with E-state index in [2.05, 4.69) is 48.7 Å². The van der Waals surface area contributed by atoms with E-state index in [-0.39, 0.29) is 0 Å². The van der Waals surface area contributed by atoms with Crippen LogP contribution in [0.15, 0.2) is 16.6 Å². The number of alkyl halides is 1. The highest BCUT2D eigenvalue weighted by atomic mass is 79.9. The van der Waals surface area contributed by atoms with Crippen LogP contribution in [0.2, 0.25) is 0 Å². The Kier molecular flexibility index (Phi) is 4.38. The molecule has 0 amide bonds.